The van der Waals surface area contributed by atoms with Crippen LogP contribution in [0.25, 0.3) is 0 Å². The van der Waals surface area contributed by atoms with Crippen molar-refractivity contribution in [2.24, 2.45) is 4.99 Å². The maximum atomic E-state index is 13.1. The van der Waals surface area contributed by atoms with Gasteiger partial charge >= 0.3 is 0 Å². The molecule has 0 spiro atoms. The lowest BCUT2D eigenvalue weighted by molar-refractivity contribution is -0.128. The van der Waals surface area contributed by atoms with E-state index in [1.165, 1.54) is 12.1 Å². The number of halogens is 1. The molecular weight excluding hydrogens is 333 g/mol. The molecule has 142 valence electrons. The summed E-state index contributed by atoms with van der Waals surface area (Å²) in [5.74, 6) is 0.707. The number of carbonyl (C=O) groups excluding carboxylic acids is 1. The lowest BCUT2D eigenvalue weighted by Gasteiger charge is -2.37. The average Bonchev–Trinajstić information content (AvgIpc) is 3.21. The van der Waals surface area contributed by atoms with Crippen LogP contribution in [0, 0.1) is 5.82 Å². The van der Waals surface area contributed by atoms with Gasteiger partial charge in [-0.2, -0.15) is 0 Å². The molecular formula is C19H28FN5O. The van der Waals surface area contributed by atoms with E-state index in [0.29, 0.717) is 0 Å². The number of hydrogen-bond acceptors (Lipinski definition) is 3. The Morgan fingerprint density at radius 3 is 2.31 bits per heavy atom. The number of benzene rings is 1. The summed E-state index contributed by atoms with van der Waals surface area (Å²) < 4.78 is 13.1. The number of aliphatic imine (C=N–C) groups is 1. The van der Waals surface area contributed by atoms with Gasteiger partial charge in [-0.05, 0) is 44.0 Å². The first-order chi connectivity index (χ1) is 12.7. The number of guanidine groups is 1. The third-order valence-electron chi connectivity index (χ3n) is 4.93. The number of carbonyl (C=O) groups is 1. The van der Waals surface area contributed by atoms with Crippen LogP contribution in [0.15, 0.2) is 29.3 Å². The van der Waals surface area contributed by atoms with Crippen molar-refractivity contribution >= 4 is 17.6 Å². The molecule has 3 rings (SSSR count). The number of piperazine rings is 1. The predicted octanol–water partition coefficient (Wildman–Crippen LogP) is 1.54. The number of likely N-dealkylation sites (tertiary alicyclic amines) is 1. The van der Waals surface area contributed by atoms with Crippen LogP contribution < -0.4 is 10.2 Å². The Kier molecular flexibility index (Phi) is 6.30. The molecule has 1 N–H and O–H groups in total. The fourth-order valence-electron chi connectivity index (χ4n) is 3.46. The maximum absolute atomic E-state index is 13.1. The number of amides is 1. The van der Waals surface area contributed by atoms with E-state index in [4.69, 9.17) is 0 Å². The van der Waals surface area contributed by atoms with Gasteiger partial charge in [0.1, 0.15) is 12.4 Å². The Hall–Kier alpha value is -2.31. The highest BCUT2D eigenvalue weighted by Crippen LogP contribution is 2.17. The van der Waals surface area contributed by atoms with Gasteiger partial charge in [0.2, 0.25) is 5.91 Å². The van der Waals surface area contributed by atoms with Crippen molar-refractivity contribution in [3.05, 3.63) is 30.1 Å². The monoisotopic (exact) mass is 361 g/mol. The number of rotatable bonds is 4. The van der Waals surface area contributed by atoms with Gasteiger partial charge in [-0.1, -0.05) is 0 Å². The van der Waals surface area contributed by atoms with Gasteiger partial charge in [-0.25, -0.2) is 9.38 Å². The molecule has 2 heterocycles. The molecule has 0 radical (unpaired) electrons. The fourth-order valence-corrected chi connectivity index (χ4v) is 3.46. The van der Waals surface area contributed by atoms with Gasteiger partial charge in [-0.3, -0.25) is 4.79 Å². The molecule has 2 aliphatic heterocycles. The summed E-state index contributed by atoms with van der Waals surface area (Å²) in [7, 11) is 0. The molecule has 0 bridgehead atoms. The summed E-state index contributed by atoms with van der Waals surface area (Å²) in [5.41, 5.74) is 1.04. The van der Waals surface area contributed by atoms with E-state index in [9.17, 15) is 9.18 Å². The molecule has 2 saturated heterocycles. The number of hydrogen-bond donors (Lipinski definition) is 1. The number of nitrogens with one attached hydrogen (secondary N) is 1. The highest BCUT2D eigenvalue weighted by atomic mass is 19.1. The Morgan fingerprint density at radius 1 is 1.04 bits per heavy atom. The first-order valence-corrected chi connectivity index (χ1v) is 9.49. The fraction of sp³-hybridized carbons (Fsp3) is 0.579. The van der Waals surface area contributed by atoms with E-state index in [2.05, 4.69) is 20.1 Å². The molecule has 2 aliphatic rings. The summed E-state index contributed by atoms with van der Waals surface area (Å²) in [6.45, 7) is 8.07. The van der Waals surface area contributed by atoms with Crippen molar-refractivity contribution in [3.8, 4) is 0 Å². The second-order valence-electron chi connectivity index (χ2n) is 6.71. The van der Waals surface area contributed by atoms with Gasteiger partial charge in [-0.15, -0.1) is 0 Å². The van der Waals surface area contributed by atoms with Crippen molar-refractivity contribution in [2.45, 2.75) is 19.8 Å². The van der Waals surface area contributed by atoms with Gasteiger partial charge < -0.3 is 20.0 Å². The van der Waals surface area contributed by atoms with Crippen molar-refractivity contribution in [1.82, 2.24) is 15.1 Å². The highest BCUT2D eigenvalue weighted by Gasteiger charge is 2.21. The van der Waals surface area contributed by atoms with Crippen molar-refractivity contribution < 1.29 is 9.18 Å². The third-order valence-corrected chi connectivity index (χ3v) is 4.93. The normalized spacial score (nSPS) is 18.4. The topological polar surface area (TPSA) is 51.2 Å². The van der Waals surface area contributed by atoms with Gasteiger partial charge in [0, 0.05) is 51.5 Å². The van der Waals surface area contributed by atoms with E-state index in [0.717, 1.165) is 70.3 Å². The zero-order chi connectivity index (χ0) is 18.4. The lowest BCUT2D eigenvalue weighted by Crippen LogP contribution is -2.52. The van der Waals surface area contributed by atoms with Gasteiger partial charge in [0.05, 0.1) is 0 Å². The summed E-state index contributed by atoms with van der Waals surface area (Å²) in [5, 5.41) is 3.30. The Morgan fingerprint density at radius 2 is 1.69 bits per heavy atom. The van der Waals surface area contributed by atoms with Crippen LogP contribution in [-0.4, -0.2) is 74.0 Å². The standard InChI is InChI=1S/C19H28FN5O/c1-2-21-19(22-15-18(26)24-9-3-4-10-24)25-13-11-23(12-14-25)17-7-5-16(20)6-8-17/h5-8H,2-4,9-15H2,1H3,(H,21,22). The van der Waals surface area contributed by atoms with Gasteiger partial charge in [0.25, 0.3) is 0 Å². The third kappa shape index (κ3) is 4.65. The first-order valence-electron chi connectivity index (χ1n) is 9.49. The molecule has 1 aromatic carbocycles. The molecule has 1 amide bonds. The molecule has 7 heteroatoms. The van der Waals surface area contributed by atoms with Crippen LogP contribution in [0.1, 0.15) is 19.8 Å². The minimum Gasteiger partial charge on any atom is -0.368 e. The summed E-state index contributed by atoms with van der Waals surface area (Å²) in [6, 6.07) is 6.63. The van der Waals surface area contributed by atoms with Crippen molar-refractivity contribution in [1.29, 1.82) is 0 Å². The summed E-state index contributed by atoms with van der Waals surface area (Å²) >= 11 is 0. The SMILES string of the molecule is CCNC(=NCC(=O)N1CCCC1)N1CCN(c2ccc(F)cc2)CC1. The zero-order valence-electron chi connectivity index (χ0n) is 15.5. The van der Waals surface area contributed by atoms with Crippen molar-refractivity contribution in [2.75, 3.05) is 57.3 Å². The lowest BCUT2D eigenvalue weighted by atomic mass is 10.2. The molecule has 1 aromatic rings. The van der Waals surface area contributed by atoms with Crippen LogP contribution >= 0.6 is 0 Å². The largest absolute Gasteiger partial charge is 0.368 e. The van der Waals surface area contributed by atoms with Crippen LogP contribution in [0.5, 0.6) is 0 Å². The summed E-state index contributed by atoms with van der Waals surface area (Å²) in [4.78, 5) is 23.1. The molecule has 0 atom stereocenters. The molecule has 2 fully saturated rings. The second-order valence-corrected chi connectivity index (χ2v) is 6.71. The predicted molar refractivity (Wildman–Crippen MR) is 102 cm³/mol. The van der Waals surface area contributed by atoms with Gasteiger partial charge in [0.15, 0.2) is 5.96 Å². The molecule has 0 unspecified atom stereocenters. The van der Waals surface area contributed by atoms with E-state index < -0.39 is 0 Å². The Bertz CT molecular complexity index is 619. The average molecular weight is 361 g/mol. The minimum absolute atomic E-state index is 0.114. The number of nitrogens with zero attached hydrogens (tertiary/aromatic N) is 4. The zero-order valence-corrected chi connectivity index (χ0v) is 15.5. The minimum atomic E-state index is -0.211. The van der Waals surface area contributed by atoms with Crippen LogP contribution in [0.2, 0.25) is 0 Å². The smallest absolute Gasteiger partial charge is 0.244 e. The van der Waals surface area contributed by atoms with Crippen LogP contribution in [0.3, 0.4) is 0 Å². The van der Waals surface area contributed by atoms with Crippen LogP contribution in [0.4, 0.5) is 10.1 Å². The van der Waals surface area contributed by atoms with E-state index in [1.54, 1.807) is 0 Å². The Balaban J connectivity index is 1.56. The molecule has 0 aliphatic carbocycles. The highest BCUT2D eigenvalue weighted by molar-refractivity contribution is 5.85. The molecule has 0 aromatic heterocycles. The second kappa shape index (κ2) is 8.87. The number of anilines is 1. The first kappa shape index (κ1) is 18.5. The van der Waals surface area contributed by atoms with Crippen molar-refractivity contribution in [3.63, 3.8) is 0 Å². The van der Waals surface area contributed by atoms with Crippen LogP contribution in [-0.2, 0) is 4.79 Å². The summed E-state index contributed by atoms with van der Waals surface area (Å²) in [6.07, 6.45) is 2.20. The Labute approximate surface area is 154 Å². The molecule has 26 heavy (non-hydrogen) atoms. The molecule has 0 saturated carbocycles. The molecule has 6 nitrogen and oxygen atoms in total. The van der Waals surface area contributed by atoms with E-state index in [-0.39, 0.29) is 18.3 Å². The van der Waals surface area contributed by atoms with E-state index >= 15 is 0 Å². The van der Waals surface area contributed by atoms with E-state index in [1.807, 2.05) is 24.0 Å². The quantitative estimate of drug-likeness (QED) is 0.653. The maximum Gasteiger partial charge on any atom is 0.244 e.